The summed E-state index contributed by atoms with van der Waals surface area (Å²) in [4.78, 5) is 20.9. The Bertz CT molecular complexity index is 1750. The van der Waals surface area contributed by atoms with Crippen molar-refractivity contribution in [2.75, 3.05) is 84.2 Å². The number of hydrogen-bond donors (Lipinski definition) is 1. The lowest BCUT2D eigenvalue weighted by atomic mass is 9.63. The maximum absolute atomic E-state index is 13.4. The lowest BCUT2D eigenvalue weighted by molar-refractivity contribution is -0.112. The van der Waals surface area contributed by atoms with Gasteiger partial charge in [-0.25, -0.2) is 13.1 Å². The second kappa shape index (κ2) is 17.6. The van der Waals surface area contributed by atoms with Crippen LogP contribution in [0.3, 0.4) is 0 Å². The van der Waals surface area contributed by atoms with Gasteiger partial charge in [-0.15, -0.1) is 0 Å². The van der Waals surface area contributed by atoms with Gasteiger partial charge in [0.15, 0.2) is 0 Å². The summed E-state index contributed by atoms with van der Waals surface area (Å²) in [7, 11) is -2.04. The van der Waals surface area contributed by atoms with Crippen LogP contribution >= 0.6 is 11.6 Å². The van der Waals surface area contributed by atoms with Gasteiger partial charge in [0.2, 0.25) is 10.0 Å². The number of carbonyl (C=O) groups is 1. The van der Waals surface area contributed by atoms with Crippen LogP contribution in [0.5, 0.6) is 5.75 Å². The fourth-order valence-corrected chi connectivity index (χ4v) is 9.90. The van der Waals surface area contributed by atoms with Crippen LogP contribution in [0.1, 0.15) is 81.3 Å². The molecule has 2 aromatic rings. The number of rotatable bonds is 15. The summed E-state index contributed by atoms with van der Waals surface area (Å²) in [5, 5.41) is 0.0119. The number of amides is 1. The summed E-state index contributed by atoms with van der Waals surface area (Å²) < 4.78 is 46.7. The predicted molar refractivity (Wildman–Crippen MR) is 216 cm³/mol. The Kier molecular flexibility index (Phi) is 13.4. The number of allylic oxidation sites excluding steroid dienone is 1. The van der Waals surface area contributed by atoms with Gasteiger partial charge in [-0.1, -0.05) is 36.7 Å². The highest BCUT2D eigenvalue weighted by molar-refractivity contribution is 7.90. The highest BCUT2D eigenvalue weighted by Gasteiger charge is 2.50. The average molecular weight is 785 g/mol. The molecule has 2 aliphatic heterocycles. The number of ether oxygens (including phenoxy) is 3. The summed E-state index contributed by atoms with van der Waals surface area (Å²) in [5.41, 5.74) is 2.97. The number of nitrogens with one attached hydrogen (secondary N) is 1. The lowest BCUT2D eigenvalue weighted by Gasteiger charge is -2.52. The molecule has 54 heavy (non-hydrogen) atoms. The molecule has 0 bridgehead atoms. The van der Waals surface area contributed by atoms with Gasteiger partial charge in [0, 0.05) is 82.1 Å². The van der Waals surface area contributed by atoms with E-state index in [1.165, 1.54) is 11.1 Å². The molecule has 10 nitrogen and oxygen atoms in total. The third-order valence-electron chi connectivity index (χ3n) is 12.3. The number of halogens is 1. The molecule has 2 aliphatic carbocycles. The maximum Gasteiger partial charge on any atom is 0.264 e. The van der Waals surface area contributed by atoms with Gasteiger partial charge < -0.3 is 19.1 Å². The minimum absolute atomic E-state index is 0.276. The zero-order valence-corrected chi connectivity index (χ0v) is 34.5. The molecule has 2 aromatic carbocycles. The fraction of sp³-hybridized carbons (Fsp3) is 0.643. The van der Waals surface area contributed by atoms with Crippen molar-refractivity contribution in [2.24, 2.45) is 11.8 Å². The van der Waals surface area contributed by atoms with Crippen LogP contribution in [0.15, 0.2) is 48.6 Å². The van der Waals surface area contributed by atoms with E-state index in [1.54, 1.807) is 27.0 Å². The molecular weight excluding hydrogens is 724 g/mol. The zero-order valence-electron chi connectivity index (χ0n) is 32.9. The Morgan fingerprint density at radius 3 is 2.57 bits per heavy atom. The number of carbonyl (C=O) groups excluding carboxylic acids is 1. The van der Waals surface area contributed by atoms with Crippen molar-refractivity contribution in [1.82, 2.24) is 14.5 Å². The molecule has 1 saturated heterocycles. The molecule has 4 aliphatic rings. The lowest BCUT2D eigenvalue weighted by Crippen LogP contribution is -2.59. The van der Waals surface area contributed by atoms with Crippen LogP contribution in [0.25, 0.3) is 0 Å². The normalized spacial score (nSPS) is 24.8. The van der Waals surface area contributed by atoms with Crippen LogP contribution in [0.2, 0.25) is 5.02 Å². The Morgan fingerprint density at radius 1 is 1.11 bits per heavy atom. The van der Waals surface area contributed by atoms with Crippen LogP contribution in [-0.4, -0.2) is 114 Å². The molecule has 298 valence electrons. The second-order valence-electron chi connectivity index (χ2n) is 16.1. The van der Waals surface area contributed by atoms with Crippen LogP contribution in [0.4, 0.5) is 5.69 Å². The molecule has 0 radical (unpaired) electrons. The number of sulfonamides is 1. The van der Waals surface area contributed by atoms with E-state index >= 15 is 0 Å². The first-order chi connectivity index (χ1) is 25.9. The number of anilines is 1. The quantitative estimate of drug-likeness (QED) is 0.208. The van der Waals surface area contributed by atoms with E-state index < -0.39 is 26.8 Å². The number of piperazine rings is 1. The van der Waals surface area contributed by atoms with E-state index in [2.05, 4.69) is 57.6 Å². The van der Waals surface area contributed by atoms with Crippen LogP contribution in [-0.2, 0) is 31.3 Å². The summed E-state index contributed by atoms with van der Waals surface area (Å²) in [5.74, 6) is 0.707. The number of nitrogens with zero attached hydrogens (tertiary/aromatic N) is 3. The molecule has 1 spiro atoms. The topological polar surface area (TPSA) is 101 Å². The highest BCUT2D eigenvalue weighted by atomic mass is 35.5. The predicted octanol–water partition coefficient (Wildman–Crippen LogP) is 6.31. The van der Waals surface area contributed by atoms with Crippen molar-refractivity contribution in [1.29, 1.82) is 0 Å². The molecule has 2 fully saturated rings. The molecule has 1 saturated carbocycles. The summed E-state index contributed by atoms with van der Waals surface area (Å²) in [6.07, 6.45) is 10.7. The van der Waals surface area contributed by atoms with Gasteiger partial charge in [-0.2, -0.15) is 0 Å². The molecule has 6 rings (SSSR count). The zero-order chi connectivity index (χ0) is 38.5. The van der Waals surface area contributed by atoms with Gasteiger partial charge in [-0.3, -0.25) is 14.6 Å². The van der Waals surface area contributed by atoms with Gasteiger partial charge in [-0.05, 0) is 113 Å². The Labute approximate surface area is 328 Å². The van der Waals surface area contributed by atoms with Crippen molar-refractivity contribution in [2.45, 2.75) is 82.5 Å². The Balaban J connectivity index is 1.33. The maximum atomic E-state index is 13.4. The average Bonchev–Trinajstić information content (AvgIpc) is 3.28. The van der Waals surface area contributed by atoms with Gasteiger partial charge in [0.1, 0.15) is 11.4 Å². The molecular formula is C42H61ClN4O6S. The summed E-state index contributed by atoms with van der Waals surface area (Å²) in [6.45, 7) is 16.6. The number of methoxy groups -OCH3 is 1. The number of aryl methyl sites for hydroxylation is 1. The van der Waals surface area contributed by atoms with E-state index in [0.29, 0.717) is 42.9 Å². The van der Waals surface area contributed by atoms with Crippen LogP contribution < -0.4 is 14.4 Å². The molecule has 4 atom stereocenters. The van der Waals surface area contributed by atoms with E-state index in [4.69, 9.17) is 25.8 Å². The minimum Gasteiger partial charge on any atom is -0.490 e. The number of benzene rings is 2. The second-order valence-corrected chi connectivity index (χ2v) is 18.7. The van der Waals surface area contributed by atoms with Crippen molar-refractivity contribution in [3.8, 4) is 5.75 Å². The van der Waals surface area contributed by atoms with Gasteiger partial charge in [0.25, 0.3) is 5.91 Å². The summed E-state index contributed by atoms with van der Waals surface area (Å²) in [6, 6.07) is 11.6. The third-order valence-corrected chi connectivity index (χ3v) is 14.2. The monoisotopic (exact) mass is 784 g/mol. The first kappa shape index (κ1) is 41.0. The van der Waals surface area contributed by atoms with Crippen LogP contribution in [0, 0.1) is 11.8 Å². The minimum atomic E-state index is -3.81. The standard InChI is InChI=1S/C42H61ClN4O6S/c1-6-8-18-42(53-7-2,29-46-21-19-45(20-22-46)23-24-51-5)37-14-11-34(37)27-47-28-41(17-9-10-32-25-35(43)13-15-36(32)41)30-52-39-16-12-33(26-38(39)47)40(48)44-54(49,50)31(3)4/h8,12-13,15-16,18,25-26,31,34,37H,6-7,9-11,14,17,19-24,27-30H2,1-5H3,(H,44,48)/b18-8+/t34-,37+,41-,42-/m0/s1. The third kappa shape index (κ3) is 8.97. The van der Waals surface area contributed by atoms with E-state index in [0.717, 1.165) is 102 Å². The number of fused-ring (bicyclic) bond motifs is 3. The fourth-order valence-electron chi connectivity index (χ4n) is 9.10. The molecule has 0 unspecified atom stereocenters. The molecule has 1 amide bonds. The van der Waals surface area contributed by atoms with Crippen molar-refractivity contribution < 1.29 is 27.4 Å². The van der Waals surface area contributed by atoms with Crippen molar-refractivity contribution in [3.05, 3.63) is 70.3 Å². The van der Waals surface area contributed by atoms with Gasteiger partial charge >= 0.3 is 0 Å². The number of hydrogen-bond acceptors (Lipinski definition) is 9. The Hall–Kier alpha value is -2.67. The first-order valence-electron chi connectivity index (χ1n) is 20.0. The molecule has 0 aromatic heterocycles. The van der Waals surface area contributed by atoms with Gasteiger partial charge in [0.05, 0.1) is 24.2 Å². The van der Waals surface area contributed by atoms with Crippen molar-refractivity contribution in [3.63, 3.8) is 0 Å². The summed E-state index contributed by atoms with van der Waals surface area (Å²) >= 11 is 6.51. The Morgan fingerprint density at radius 2 is 1.89 bits per heavy atom. The SMILES string of the molecule is CC/C=C/[C@@](CN1CCN(CCOC)CC1)(OCC)[C@@H]1CC[C@H]1CN1C[C@@]2(CCCc3cc(Cl)ccc32)COc2ccc(C(=O)NS(=O)(=O)C(C)C)cc21. The smallest absolute Gasteiger partial charge is 0.264 e. The molecule has 1 N–H and O–H groups in total. The first-order valence-corrected chi connectivity index (χ1v) is 22.0. The molecule has 12 heteroatoms. The van der Waals surface area contributed by atoms with Crippen molar-refractivity contribution >= 4 is 33.2 Å². The highest BCUT2D eigenvalue weighted by Crippen LogP contribution is 2.49. The largest absolute Gasteiger partial charge is 0.490 e. The van der Waals surface area contributed by atoms with E-state index in [1.807, 2.05) is 18.2 Å². The molecule has 2 heterocycles. The van der Waals surface area contributed by atoms with E-state index in [-0.39, 0.29) is 5.41 Å². The van der Waals surface area contributed by atoms with E-state index in [9.17, 15) is 13.2 Å².